The first-order valence-corrected chi connectivity index (χ1v) is 5.24. The summed E-state index contributed by atoms with van der Waals surface area (Å²) < 4.78 is 0. The second kappa shape index (κ2) is 3.56. The molecule has 0 aliphatic heterocycles. The minimum atomic E-state index is -0.360. The average Bonchev–Trinajstić information content (AvgIpc) is 2.56. The number of primary amides is 1. The van der Waals surface area contributed by atoms with E-state index in [0.717, 1.165) is 25.0 Å². The van der Waals surface area contributed by atoms with Crippen molar-refractivity contribution in [3.05, 3.63) is 21.9 Å². The highest BCUT2D eigenvalue weighted by Crippen LogP contribution is 2.37. The van der Waals surface area contributed by atoms with Crippen LogP contribution in [0.15, 0.2) is 4.79 Å². The highest BCUT2D eigenvalue weighted by molar-refractivity contribution is 5.82. The Labute approximate surface area is 87.1 Å². The van der Waals surface area contributed by atoms with E-state index in [-0.39, 0.29) is 17.5 Å². The molecule has 5 nitrogen and oxygen atoms in total. The van der Waals surface area contributed by atoms with E-state index in [1.807, 2.05) is 0 Å². The maximum Gasteiger partial charge on any atom is 0.323 e. The smallest absolute Gasteiger partial charge is 0.323 e. The third-order valence-corrected chi connectivity index (χ3v) is 3.18. The van der Waals surface area contributed by atoms with Gasteiger partial charge in [0.25, 0.3) is 0 Å². The molecule has 1 aliphatic rings. The molecule has 2 unspecified atom stereocenters. The Bertz CT molecular complexity index is 432. The summed E-state index contributed by atoms with van der Waals surface area (Å²) in [5.41, 5.74) is 6.63. The fraction of sp³-hybridized carbons (Fsp3) is 0.600. The van der Waals surface area contributed by atoms with Crippen molar-refractivity contribution in [1.82, 2.24) is 9.97 Å². The van der Waals surface area contributed by atoms with Crippen molar-refractivity contribution in [3.8, 4) is 0 Å². The molecule has 15 heavy (non-hydrogen) atoms. The van der Waals surface area contributed by atoms with Gasteiger partial charge in [0.2, 0.25) is 5.91 Å². The lowest BCUT2D eigenvalue weighted by atomic mass is 9.81. The van der Waals surface area contributed by atoms with E-state index in [2.05, 4.69) is 16.9 Å². The molecule has 0 aromatic carbocycles. The number of hydrogen-bond donors (Lipinski definition) is 3. The fourth-order valence-corrected chi connectivity index (χ4v) is 2.36. The zero-order valence-corrected chi connectivity index (χ0v) is 8.67. The Hall–Kier alpha value is -1.52. The first-order chi connectivity index (χ1) is 7.13. The van der Waals surface area contributed by atoms with Gasteiger partial charge in [0.1, 0.15) is 0 Å². The number of amides is 1. The van der Waals surface area contributed by atoms with Crippen LogP contribution in [0.2, 0.25) is 0 Å². The lowest BCUT2D eigenvalue weighted by Gasteiger charge is -2.25. The van der Waals surface area contributed by atoms with Gasteiger partial charge in [-0.15, -0.1) is 0 Å². The van der Waals surface area contributed by atoms with Gasteiger partial charge in [-0.2, -0.15) is 0 Å². The number of imidazole rings is 1. The molecule has 5 heteroatoms. The lowest BCUT2D eigenvalue weighted by molar-refractivity contribution is -0.119. The average molecular weight is 209 g/mol. The van der Waals surface area contributed by atoms with Crippen LogP contribution in [0, 0.1) is 0 Å². The van der Waals surface area contributed by atoms with Crippen molar-refractivity contribution in [2.75, 3.05) is 0 Å². The quantitative estimate of drug-likeness (QED) is 0.664. The van der Waals surface area contributed by atoms with Gasteiger partial charge in [0.05, 0.1) is 11.6 Å². The predicted molar refractivity (Wildman–Crippen MR) is 55.6 cm³/mol. The van der Waals surface area contributed by atoms with Crippen LogP contribution in [0.25, 0.3) is 0 Å². The van der Waals surface area contributed by atoms with E-state index >= 15 is 0 Å². The van der Waals surface area contributed by atoms with Gasteiger partial charge in [0.15, 0.2) is 0 Å². The molecule has 0 bridgehead atoms. The molecule has 0 saturated carbocycles. The van der Waals surface area contributed by atoms with E-state index in [1.165, 1.54) is 0 Å². The molecule has 1 aromatic heterocycles. The van der Waals surface area contributed by atoms with Gasteiger partial charge >= 0.3 is 5.69 Å². The van der Waals surface area contributed by atoms with Crippen molar-refractivity contribution in [2.24, 2.45) is 5.73 Å². The molecule has 1 heterocycles. The molecule has 0 radical (unpaired) electrons. The minimum Gasteiger partial charge on any atom is -0.369 e. The normalized spacial score (nSPS) is 24.9. The molecule has 1 aromatic rings. The molecule has 1 amide bonds. The van der Waals surface area contributed by atoms with Gasteiger partial charge in [-0.05, 0) is 19.3 Å². The third kappa shape index (κ3) is 1.58. The molecule has 4 N–H and O–H groups in total. The molecule has 1 aliphatic carbocycles. The van der Waals surface area contributed by atoms with Crippen molar-refractivity contribution in [3.63, 3.8) is 0 Å². The van der Waals surface area contributed by atoms with Gasteiger partial charge in [0, 0.05) is 11.6 Å². The maximum atomic E-state index is 11.2. The Balaban J connectivity index is 2.47. The number of fused-ring (bicyclic) bond motifs is 1. The van der Waals surface area contributed by atoms with Crippen molar-refractivity contribution in [1.29, 1.82) is 0 Å². The zero-order chi connectivity index (χ0) is 11.0. The molecule has 2 rings (SSSR count). The molecule has 82 valence electrons. The number of carbonyl (C=O) groups excluding carboxylic acids is 1. The van der Waals surface area contributed by atoms with Crippen LogP contribution in [-0.4, -0.2) is 15.9 Å². The standard InChI is InChI=1S/C10H15N3O2/c1-2-5-3-4-6(9(11)14)8-7(5)12-10(15)13-8/h5-6H,2-4H2,1H3,(H2,11,14)(H2,12,13,15). The number of H-pyrrole nitrogens is 2. The second-order valence-corrected chi connectivity index (χ2v) is 4.04. The molecule has 0 saturated heterocycles. The van der Waals surface area contributed by atoms with Crippen molar-refractivity contribution >= 4 is 5.91 Å². The summed E-state index contributed by atoms with van der Waals surface area (Å²) in [5.74, 6) is -0.350. The molecule has 0 spiro atoms. The predicted octanol–water partition coefficient (Wildman–Crippen LogP) is 0.559. The Morgan fingerprint density at radius 3 is 2.67 bits per heavy atom. The summed E-state index contributed by atoms with van der Waals surface area (Å²) in [6, 6.07) is 0. The first kappa shape index (κ1) is 10.0. The largest absolute Gasteiger partial charge is 0.369 e. The summed E-state index contributed by atoms with van der Waals surface area (Å²) >= 11 is 0. The lowest BCUT2D eigenvalue weighted by Crippen LogP contribution is -2.26. The van der Waals surface area contributed by atoms with Crippen molar-refractivity contribution < 1.29 is 4.79 Å². The van der Waals surface area contributed by atoms with Gasteiger partial charge in [-0.1, -0.05) is 6.92 Å². The van der Waals surface area contributed by atoms with E-state index in [0.29, 0.717) is 11.6 Å². The first-order valence-electron chi connectivity index (χ1n) is 5.24. The van der Waals surface area contributed by atoms with E-state index < -0.39 is 0 Å². The number of carbonyl (C=O) groups is 1. The second-order valence-electron chi connectivity index (χ2n) is 4.04. The van der Waals surface area contributed by atoms with Crippen LogP contribution in [0.5, 0.6) is 0 Å². The number of rotatable bonds is 2. The molecule has 0 fully saturated rings. The third-order valence-electron chi connectivity index (χ3n) is 3.18. The van der Waals surface area contributed by atoms with Crippen molar-refractivity contribution in [2.45, 2.75) is 38.0 Å². The molecular weight excluding hydrogens is 194 g/mol. The summed E-state index contributed by atoms with van der Waals surface area (Å²) in [6.07, 6.45) is 2.60. The van der Waals surface area contributed by atoms with Gasteiger partial charge in [-0.25, -0.2) is 4.79 Å². The summed E-state index contributed by atoms with van der Waals surface area (Å²) in [6.45, 7) is 2.07. The summed E-state index contributed by atoms with van der Waals surface area (Å²) in [7, 11) is 0. The number of nitrogens with two attached hydrogens (primary N) is 1. The van der Waals surface area contributed by atoms with Crippen LogP contribution in [-0.2, 0) is 4.79 Å². The number of nitrogens with one attached hydrogen (secondary N) is 2. The fourth-order valence-electron chi connectivity index (χ4n) is 2.36. The number of hydrogen-bond acceptors (Lipinski definition) is 2. The summed E-state index contributed by atoms with van der Waals surface area (Å²) in [4.78, 5) is 27.9. The topological polar surface area (TPSA) is 91.7 Å². The Morgan fingerprint density at radius 1 is 1.40 bits per heavy atom. The van der Waals surface area contributed by atoms with Gasteiger partial charge in [-0.3, -0.25) is 4.79 Å². The monoisotopic (exact) mass is 209 g/mol. The van der Waals surface area contributed by atoms with Gasteiger partial charge < -0.3 is 15.7 Å². The van der Waals surface area contributed by atoms with E-state index in [9.17, 15) is 9.59 Å². The maximum absolute atomic E-state index is 11.2. The highest BCUT2D eigenvalue weighted by Gasteiger charge is 2.31. The highest BCUT2D eigenvalue weighted by atomic mass is 16.1. The van der Waals surface area contributed by atoms with Crippen LogP contribution >= 0.6 is 0 Å². The number of aromatic nitrogens is 2. The molecule has 2 atom stereocenters. The van der Waals surface area contributed by atoms with E-state index in [1.54, 1.807) is 0 Å². The summed E-state index contributed by atoms with van der Waals surface area (Å²) in [5, 5.41) is 0. The zero-order valence-electron chi connectivity index (χ0n) is 8.67. The van der Waals surface area contributed by atoms with Crippen LogP contribution in [0.4, 0.5) is 0 Å². The number of aromatic amines is 2. The SMILES string of the molecule is CCC1CCC(C(N)=O)c2[nH]c(=O)[nH]c21. The Morgan fingerprint density at radius 2 is 2.07 bits per heavy atom. The van der Waals surface area contributed by atoms with E-state index in [4.69, 9.17) is 5.73 Å². The Kier molecular flexibility index (Phi) is 2.38. The minimum absolute atomic E-state index is 0.244. The molecular formula is C10H15N3O2. The van der Waals surface area contributed by atoms with Crippen LogP contribution in [0.3, 0.4) is 0 Å². The van der Waals surface area contributed by atoms with Crippen LogP contribution < -0.4 is 11.4 Å². The van der Waals surface area contributed by atoms with Crippen LogP contribution in [0.1, 0.15) is 49.4 Å².